The third-order valence-electron chi connectivity index (χ3n) is 3.62. The number of hydrogen-bond acceptors (Lipinski definition) is 6. The molecule has 0 radical (unpaired) electrons. The molecule has 1 atom stereocenters. The number of carbonyl (C=O) groups is 1. The number of hydrogen-bond donors (Lipinski definition) is 1. The maximum Gasteiger partial charge on any atom is 0.267 e. The zero-order chi connectivity index (χ0) is 15.0. The van der Waals surface area contributed by atoms with Gasteiger partial charge in [-0.25, -0.2) is 9.31 Å². The van der Waals surface area contributed by atoms with Gasteiger partial charge in [0.15, 0.2) is 5.82 Å². The predicted octanol–water partition coefficient (Wildman–Crippen LogP) is 0.623. The summed E-state index contributed by atoms with van der Waals surface area (Å²) in [5, 5.41) is 14.1. The van der Waals surface area contributed by atoms with Crippen molar-refractivity contribution in [1.82, 2.24) is 20.1 Å². The second kappa shape index (κ2) is 5.12. The van der Waals surface area contributed by atoms with Gasteiger partial charge in [-0.3, -0.25) is 9.59 Å². The minimum atomic E-state index is -0.737. The van der Waals surface area contributed by atoms with Gasteiger partial charge in [0.25, 0.3) is 5.56 Å². The van der Waals surface area contributed by atoms with E-state index >= 15 is 0 Å². The smallest absolute Gasteiger partial charge is 0.267 e. The molecule has 2 aromatic rings. The molecule has 0 saturated heterocycles. The van der Waals surface area contributed by atoms with Gasteiger partial charge in [0.1, 0.15) is 11.7 Å². The summed E-state index contributed by atoms with van der Waals surface area (Å²) in [6, 6.07) is 0.835. The van der Waals surface area contributed by atoms with E-state index in [0.29, 0.717) is 5.69 Å². The first kappa shape index (κ1) is 13.5. The molecule has 1 amide bonds. The van der Waals surface area contributed by atoms with Crippen LogP contribution >= 0.6 is 0 Å². The van der Waals surface area contributed by atoms with Crippen LogP contribution in [-0.2, 0) is 17.6 Å². The van der Waals surface area contributed by atoms with Crippen LogP contribution in [0.25, 0.3) is 0 Å². The highest BCUT2D eigenvalue weighted by atomic mass is 16.6. The third-order valence-corrected chi connectivity index (χ3v) is 3.62. The lowest BCUT2D eigenvalue weighted by molar-refractivity contribution is -0.119. The van der Waals surface area contributed by atoms with Crippen LogP contribution in [-0.4, -0.2) is 26.0 Å². The maximum absolute atomic E-state index is 12.2. The fraction of sp³-hybridized carbons (Fsp3) is 0.462. The van der Waals surface area contributed by atoms with E-state index in [0.717, 1.165) is 30.5 Å². The second-order valence-electron chi connectivity index (χ2n) is 5.12. The Labute approximate surface area is 120 Å². The average Bonchev–Trinajstić information content (AvgIpc) is 3.06. The van der Waals surface area contributed by atoms with Crippen molar-refractivity contribution in [1.29, 1.82) is 0 Å². The summed E-state index contributed by atoms with van der Waals surface area (Å²) in [4.78, 5) is 24.3. The standard InChI is InChI=1S/C13H15N5O3/c1-7-12(17-21-16-7)14-13(20)8(2)18-11(19)6-9-4-3-5-10(9)15-18/h6,8H,3-5H2,1-2H3,(H,14,17,20)/t8-/m1/s1. The average molecular weight is 289 g/mol. The summed E-state index contributed by atoms with van der Waals surface area (Å²) in [5.74, 6) is -0.137. The van der Waals surface area contributed by atoms with Crippen LogP contribution in [0.1, 0.15) is 36.3 Å². The summed E-state index contributed by atoms with van der Waals surface area (Å²) >= 11 is 0. The number of nitrogens with zero attached hydrogens (tertiary/aromatic N) is 4. The molecule has 110 valence electrons. The van der Waals surface area contributed by atoms with E-state index in [9.17, 15) is 9.59 Å². The Morgan fingerprint density at radius 3 is 2.95 bits per heavy atom. The van der Waals surface area contributed by atoms with Gasteiger partial charge in [-0.1, -0.05) is 5.16 Å². The minimum Gasteiger partial charge on any atom is -0.304 e. The van der Waals surface area contributed by atoms with E-state index in [2.05, 4.69) is 25.4 Å². The first-order chi connectivity index (χ1) is 10.1. The molecule has 0 aromatic carbocycles. The number of aryl methyl sites for hydroxylation is 3. The van der Waals surface area contributed by atoms with Crippen molar-refractivity contribution in [2.24, 2.45) is 0 Å². The summed E-state index contributed by atoms with van der Waals surface area (Å²) < 4.78 is 5.73. The van der Waals surface area contributed by atoms with Crippen molar-refractivity contribution in [2.75, 3.05) is 5.32 Å². The maximum atomic E-state index is 12.2. The van der Waals surface area contributed by atoms with Crippen LogP contribution in [0.15, 0.2) is 15.5 Å². The molecule has 3 rings (SSSR count). The van der Waals surface area contributed by atoms with Crippen LogP contribution in [0.3, 0.4) is 0 Å². The number of anilines is 1. The highest BCUT2D eigenvalue weighted by Crippen LogP contribution is 2.18. The minimum absolute atomic E-state index is 0.251. The lowest BCUT2D eigenvalue weighted by atomic mass is 10.2. The molecule has 0 fully saturated rings. The van der Waals surface area contributed by atoms with Gasteiger partial charge in [-0.15, -0.1) is 0 Å². The Balaban J connectivity index is 1.85. The fourth-order valence-corrected chi connectivity index (χ4v) is 2.37. The molecule has 8 nitrogen and oxygen atoms in total. The molecule has 0 bridgehead atoms. The highest BCUT2D eigenvalue weighted by Gasteiger charge is 2.22. The summed E-state index contributed by atoms with van der Waals surface area (Å²) in [7, 11) is 0. The van der Waals surface area contributed by atoms with E-state index in [1.54, 1.807) is 19.9 Å². The van der Waals surface area contributed by atoms with Gasteiger partial charge in [-0.05, 0) is 43.8 Å². The molecule has 2 aromatic heterocycles. The number of nitrogens with one attached hydrogen (secondary N) is 1. The van der Waals surface area contributed by atoms with E-state index < -0.39 is 6.04 Å². The monoisotopic (exact) mass is 289 g/mol. The highest BCUT2D eigenvalue weighted by molar-refractivity contribution is 5.92. The first-order valence-corrected chi connectivity index (χ1v) is 6.78. The Morgan fingerprint density at radius 2 is 2.24 bits per heavy atom. The molecule has 0 spiro atoms. The lowest BCUT2D eigenvalue weighted by Gasteiger charge is -2.14. The van der Waals surface area contributed by atoms with Crippen LogP contribution in [0, 0.1) is 6.92 Å². The molecule has 1 aliphatic carbocycles. The van der Waals surface area contributed by atoms with Gasteiger partial charge in [0, 0.05) is 6.07 Å². The first-order valence-electron chi connectivity index (χ1n) is 6.78. The van der Waals surface area contributed by atoms with Crippen molar-refractivity contribution < 1.29 is 9.42 Å². The normalized spacial score (nSPS) is 14.8. The molecule has 21 heavy (non-hydrogen) atoms. The van der Waals surface area contributed by atoms with Crippen molar-refractivity contribution >= 4 is 11.7 Å². The number of amides is 1. The molecular formula is C13H15N5O3. The molecule has 2 heterocycles. The topological polar surface area (TPSA) is 103 Å². The number of carbonyl (C=O) groups excluding carboxylic acids is 1. The van der Waals surface area contributed by atoms with Gasteiger partial charge in [0.2, 0.25) is 5.91 Å². The van der Waals surface area contributed by atoms with E-state index in [1.165, 1.54) is 4.68 Å². The van der Waals surface area contributed by atoms with E-state index in [1.807, 2.05) is 0 Å². The number of fused-ring (bicyclic) bond motifs is 1. The van der Waals surface area contributed by atoms with Crippen molar-refractivity contribution in [3.05, 3.63) is 33.4 Å². The summed E-state index contributed by atoms with van der Waals surface area (Å²) in [6.07, 6.45) is 2.72. The molecule has 1 N–H and O–H groups in total. The second-order valence-corrected chi connectivity index (χ2v) is 5.12. The largest absolute Gasteiger partial charge is 0.304 e. The predicted molar refractivity (Wildman–Crippen MR) is 72.9 cm³/mol. The lowest BCUT2D eigenvalue weighted by Crippen LogP contribution is -2.34. The van der Waals surface area contributed by atoms with Crippen molar-refractivity contribution in [2.45, 2.75) is 39.2 Å². The van der Waals surface area contributed by atoms with E-state index in [-0.39, 0.29) is 17.3 Å². The number of rotatable bonds is 3. The van der Waals surface area contributed by atoms with Gasteiger partial charge < -0.3 is 5.32 Å². The molecular weight excluding hydrogens is 274 g/mol. The van der Waals surface area contributed by atoms with Crippen molar-refractivity contribution in [3.8, 4) is 0 Å². The van der Waals surface area contributed by atoms with Crippen LogP contribution in [0.4, 0.5) is 5.82 Å². The molecule has 0 saturated carbocycles. The Hall–Kier alpha value is -2.51. The SMILES string of the molecule is Cc1nonc1NC(=O)[C@@H](C)n1nc2c(cc1=O)CCC2. The van der Waals surface area contributed by atoms with Gasteiger partial charge in [0.05, 0.1) is 5.69 Å². The van der Waals surface area contributed by atoms with Crippen LogP contribution in [0.5, 0.6) is 0 Å². The third kappa shape index (κ3) is 2.44. The molecule has 0 aliphatic heterocycles. The van der Waals surface area contributed by atoms with Gasteiger partial charge in [-0.2, -0.15) is 5.10 Å². The number of aromatic nitrogens is 4. The Bertz CT molecular complexity index is 749. The van der Waals surface area contributed by atoms with E-state index in [4.69, 9.17) is 0 Å². The summed E-state index contributed by atoms with van der Waals surface area (Å²) in [6.45, 7) is 3.28. The Kier molecular flexibility index (Phi) is 3.28. The summed E-state index contributed by atoms with van der Waals surface area (Å²) in [5.41, 5.74) is 2.09. The van der Waals surface area contributed by atoms with Crippen LogP contribution < -0.4 is 10.9 Å². The fourth-order valence-electron chi connectivity index (χ4n) is 2.37. The van der Waals surface area contributed by atoms with Crippen molar-refractivity contribution in [3.63, 3.8) is 0 Å². The zero-order valence-electron chi connectivity index (χ0n) is 11.8. The molecule has 8 heteroatoms. The van der Waals surface area contributed by atoms with Crippen LogP contribution in [0.2, 0.25) is 0 Å². The quantitative estimate of drug-likeness (QED) is 0.888. The zero-order valence-corrected chi connectivity index (χ0v) is 11.8. The Morgan fingerprint density at radius 1 is 1.43 bits per heavy atom. The van der Waals surface area contributed by atoms with Gasteiger partial charge >= 0.3 is 0 Å². The molecule has 1 aliphatic rings. The molecule has 0 unspecified atom stereocenters.